The Morgan fingerprint density at radius 2 is 1.88 bits per heavy atom. The van der Waals surface area contributed by atoms with Crippen LogP contribution in [0.1, 0.15) is 56.2 Å². The molecule has 2 aliphatic heterocycles. The molecule has 0 aliphatic carbocycles. The number of rotatable bonds is 8. The van der Waals surface area contributed by atoms with Gasteiger partial charge in [0.2, 0.25) is 0 Å². The molecule has 32 heavy (non-hydrogen) atoms. The summed E-state index contributed by atoms with van der Waals surface area (Å²) in [6.07, 6.45) is 5.90. The Balaban J connectivity index is 1.30. The van der Waals surface area contributed by atoms with Crippen molar-refractivity contribution in [3.8, 4) is 11.8 Å². The number of hydrogen-bond acceptors (Lipinski definition) is 4. The zero-order valence-corrected chi connectivity index (χ0v) is 19.6. The Bertz CT molecular complexity index is 909. The highest BCUT2D eigenvalue weighted by Gasteiger charge is 2.44. The van der Waals surface area contributed by atoms with E-state index in [2.05, 4.69) is 54.4 Å². The molecule has 0 bridgehead atoms. The van der Waals surface area contributed by atoms with E-state index in [1.165, 1.54) is 32.4 Å². The van der Waals surface area contributed by atoms with E-state index in [0.29, 0.717) is 17.4 Å². The second kappa shape index (κ2) is 10.5. The highest BCUT2D eigenvalue weighted by atomic mass is 16.5. The minimum atomic E-state index is 0.133. The molecule has 1 atom stereocenters. The molecule has 2 aromatic carbocycles. The normalized spacial score (nSPS) is 21.8. The summed E-state index contributed by atoms with van der Waals surface area (Å²) in [5.74, 6) is 2.21. The second-order valence-electron chi connectivity index (χ2n) is 9.86. The van der Waals surface area contributed by atoms with Gasteiger partial charge in [-0.05, 0) is 92.4 Å². The molecule has 0 spiro atoms. The Kier molecular flexibility index (Phi) is 7.50. The van der Waals surface area contributed by atoms with Crippen LogP contribution in [0, 0.1) is 23.2 Å². The number of hydrogen-bond donors (Lipinski definition) is 1. The average Bonchev–Trinajstić information content (AvgIpc) is 2.82. The molecule has 2 heterocycles. The van der Waals surface area contributed by atoms with Gasteiger partial charge in [0, 0.05) is 18.6 Å². The summed E-state index contributed by atoms with van der Waals surface area (Å²) in [4.78, 5) is 2.61. The Hall–Kier alpha value is -2.35. The summed E-state index contributed by atoms with van der Waals surface area (Å²) in [5, 5.41) is 12.9. The van der Waals surface area contributed by atoms with Crippen LogP contribution < -0.4 is 10.1 Å². The number of nitriles is 1. The van der Waals surface area contributed by atoms with Gasteiger partial charge in [0.05, 0.1) is 18.2 Å². The van der Waals surface area contributed by atoms with Crippen LogP contribution in [0.25, 0.3) is 0 Å². The number of benzene rings is 2. The van der Waals surface area contributed by atoms with Crippen molar-refractivity contribution >= 4 is 0 Å². The molecule has 2 aromatic rings. The molecule has 0 amide bonds. The molecular weight excluding hydrogens is 394 g/mol. The van der Waals surface area contributed by atoms with Crippen LogP contribution >= 0.6 is 0 Å². The van der Waals surface area contributed by atoms with E-state index in [0.717, 1.165) is 38.3 Å². The number of likely N-dealkylation sites (tertiary alicyclic amines) is 1. The molecule has 4 nitrogen and oxygen atoms in total. The lowest BCUT2D eigenvalue weighted by molar-refractivity contribution is 0.0810. The summed E-state index contributed by atoms with van der Waals surface area (Å²) in [6, 6.07) is 18.7. The van der Waals surface area contributed by atoms with Gasteiger partial charge in [-0.25, -0.2) is 0 Å². The van der Waals surface area contributed by atoms with Crippen LogP contribution in [0.3, 0.4) is 0 Å². The fourth-order valence-electron chi connectivity index (χ4n) is 5.80. The van der Waals surface area contributed by atoms with E-state index >= 15 is 0 Å². The smallest absolute Gasteiger partial charge is 0.119 e. The highest BCUT2D eigenvalue weighted by molar-refractivity contribution is 5.37. The van der Waals surface area contributed by atoms with E-state index in [-0.39, 0.29) is 5.54 Å². The zero-order chi connectivity index (χ0) is 22.4. The topological polar surface area (TPSA) is 48.3 Å². The van der Waals surface area contributed by atoms with Crippen molar-refractivity contribution < 1.29 is 4.74 Å². The summed E-state index contributed by atoms with van der Waals surface area (Å²) < 4.78 is 5.87. The lowest BCUT2D eigenvalue weighted by Gasteiger charge is -2.49. The quantitative estimate of drug-likeness (QED) is 0.589. The van der Waals surface area contributed by atoms with Gasteiger partial charge in [0.1, 0.15) is 5.75 Å². The summed E-state index contributed by atoms with van der Waals surface area (Å²) >= 11 is 0. The first-order valence-electron chi connectivity index (χ1n) is 12.3. The van der Waals surface area contributed by atoms with Gasteiger partial charge < -0.3 is 15.0 Å². The van der Waals surface area contributed by atoms with Gasteiger partial charge in [0.25, 0.3) is 0 Å². The van der Waals surface area contributed by atoms with Crippen molar-refractivity contribution in [3.63, 3.8) is 0 Å². The summed E-state index contributed by atoms with van der Waals surface area (Å²) in [5.41, 5.74) is 3.92. The predicted octanol–water partition coefficient (Wildman–Crippen LogP) is 5.13. The third kappa shape index (κ3) is 5.17. The fourth-order valence-corrected chi connectivity index (χ4v) is 5.80. The Morgan fingerprint density at radius 1 is 1.12 bits per heavy atom. The fraction of sp³-hybridized carbons (Fsp3) is 0.536. The molecule has 1 N–H and O–H groups in total. The van der Waals surface area contributed by atoms with Crippen LogP contribution in [0.15, 0.2) is 48.5 Å². The molecule has 1 saturated heterocycles. The Morgan fingerprint density at radius 3 is 2.59 bits per heavy atom. The maximum atomic E-state index is 8.90. The molecule has 0 aromatic heterocycles. The maximum absolute atomic E-state index is 8.90. The predicted molar refractivity (Wildman–Crippen MR) is 130 cm³/mol. The first-order chi connectivity index (χ1) is 15.6. The van der Waals surface area contributed by atoms with E-state index in [9.17, 15) is 0 Å². The molecule has 0 saturated carbocycles. The SMILES string of the molecule is CC(C)CC1(C2CCN(CCCOc3ccc(C#N)cc3)CC2)NCCc2ccccc21. The molecule has 0 radical (unpaired) electrons. The van der Waals surface area contributed by atoms with Crippen molar-refractivity contribution in [1.82, 2.24) is 10.2 Å². The van der Waals surface area contributed by atoms with Crippen LogP contribution in [-0.4, -0.2) is 37.7 Å². The Labute approximate surface area is 193 Å². The van der Waals surface area contributed by atoms with Gasteiger partial charge in [-0.2, -0.15) is 5.26 Å². The minimum absolute atomic E-state index is 0.133. The van der Waals surface area contributed by atoms with Crippen LogP contribution in [0.4, 0.5) is 0 Å². The number of nitrogens with zero attached hydrogens (tertiary/aromatic N) is 2. The standard InChI is InChI=1S/C28H37N3O/c1-22(2)20-28(27-7-4-3-6-24(27)12-15-30-28)25-13-17-31(18-14-25)16-5-19-32-26-10-8-23(21-29)9-11-26/h3-4,6-11,22,25,30H,5,12-20H2,1-2H3. The van der Waals surface area contributed by atoms with Gasteiger partial charge in [-0.1, -0.05) is 38.1 Å². The van der Waals surface area contributed by atoms with Crippen LogP contribution in [0.2, 0.25) is 0 Å². The average molecular weight is 432 g/mol. The first-order valence-corrected chi connectivity index (χ1v) is 12.3. The monoisotopic (exact) mass is 431 g/mol. The zero-order valence-electron chi connectivity index (χ0n) is 19.6. The van der Waals surface area contributed by atoms with Gasteiger partial charge in [-0.15, -0.1) is 0 Å². The molecule has 4 rings (SSSR count). The highest BCUT2D eigenvalue weighted by Crippen LogP contribution is 2.44. The molecule has 2 aliphatic rings. The first kappa shape index (κ1) is 22.8. The third-order valence-electron chi connectivity index (χ3n) is 7.22. The van der Waals surface area contributed by atoms with Crippen molar-refractivity contribution in [3.05, 3.63) is 65.2 Å². The van der Waals surface area contributed by atoms with E-state index in [1.54, 1.807) is 11.1 Å². The second-order valence-corrected chi connectivity index (χ2v) is 9.86. The number of piperidine rings is 1. The minimum Gasteiger partial charge on any atom is -0.494 e. The van der Waals surface area contributed by atoms with Gasteiger partial charge in [-0.3, -0.25) is 0 Å². The molecule has 1 fully saturated rings. The van der Waals surface area contributed by atoms with Crippen LogP contribution in [0.5, 0.6) is 5.75 Å². The van der Waals surface area contributed by atoms with E-state index < -0.39 is 0 Å². The van der Waals surface area contributed by atoms with Crippen molar-refractivity contribution in [2.45, 2.75) is 51.5 Å². The lowest BCUT2D eigenvalue weighted by Crippen LogP contribution is -2.55. The van der Waals surface area contributed by atoms with Crippen LogP contribution in [-0.2, 0) is 12.0 Å². The molecule has 170 valence electrons. The van der Waals surface area contributed by atoms with Crippen molar-refractivity contribution in [2.75, 3.05) is 32.8 Å². The van der Waals surface area contributed by atoms with Gasteiger partial charge in [0.15, 0.2) is 0 Å². The molecule has 1 unspecified atom stereocenters. The van der Waals surface area contributed by atoms with Crippen molar-refractivity contribution in [2.24, 2.45) is 11.8 Å². The van der Waals surface area contributed by atoms with Crippen molar-refractivity contribution in [1.29, 1.82) is 5.26 Å². The summed E-state index contributed by atoms with van der Waals surface area (Å²) in [7, 11) is 0. The molecule has 4 heteroatoms. The number of fused-ring (bicyclic) bond motifs is 1. The number of ether oxygens (including phenoxy) is 1. The summed E-state index contributed by atoms with van der Waals surface area (Å²) in [6.45, 7) is 9.97. The van der Waals surface area contributed by atoms with E-state index in [1.807, 2.05) is 24.3 Å². The van der Waals surface area contributed by atoms with E-state index in [4.69, 9.17) is 10.00 Å². The largest absolute Gasteiger partial charge is 0.494 e. The maximum Gasteiger partial charge on any atom is 0.119 e. The number of nitrogens with one attached hydrogen (secondary N) is 1. The third-order valence-corrected chi connectivity index (χ3v) is 7.22. The van der Waals surface area contributed by atoms with Gasteiger partial charge >= 0.3 is 0 Å². The molecular formula is C28H37N3O. The lowest BCUT2D eigenvalue weighted by atomic mass is 9.66.